The largest absolute Gasteiger partial charge is 0.393 e. The standard InChI is InChI=1S/C21H21N5O/c1-12-9-14(10-17(12)27)24-20-18-21(23-11-22-20)26-19(25-18)16-8-4-6-13-5-2-3-7-15(13)16/h2-8,11-12,14,17,27H,9-10H2,1H3,(H2,22,23,24,25,26)/t12-,14+,17+/m0/s1. The number of nitrogens with one attached hydrogen (secondary N) is 2. The number of hydrogen-bond acceptors (Lipinski definition) is 5. The molecule has 1 saturated carbocycles. The SMILES string of the molecule is C[C@H]1C[C@@H](Nc2ncnc3[nH]c(-c4cccc5ccccc45)nc23)C[C@H]1O. The number of aliphatic hydroxyl groups excluding tert-OH is 1. The van der Waals surface area contributed by atoms with Crippen molar-refractivity contribution in [3.8, 4) is 11.4 Å². The van der Waals surface area contributed by atoms with E-state index in [1.807, 2.05) is 18.2 Å². The summed E-state index contributed by atoms with van der Waals surface area (Å²) in [6.45, 7) is 2.08. The molecule has 27 heavy (non-hydrogen) atoms. The van der Waals surface area contributed by atoms with E-state index in [1.165, 1.54) is 5.39 Å². The third-order valence-corrected chi connectivity index (χ3v) is 5.51. The quantitative estimate of drug-likeness (QED) is 0.519. The van der Waals surface area contributed by atoms with E-state index < -0.39 is 0 Å². The number of nitrogens with zero attached hydrogens (tertiary/aromatic N) is 3. The van der Waals surface area contributed by atoms with E-state index in [1.54, 1.807) is 6.33 Å². The highest BCUT2D eigenvalue weighted by Crippen LogP contribution is 2.31. The lowest BCUT2D eigenvalue weighted by molar-refractivity contribution is 0.141. The Labute approximate surface area is 156 Å². The van der Waals surface area contributed by atoms with Gasteiger partial charge in [0.15, 0.2) is 17.0 Å². The lowest BCUT2D eigenvalue weighted by atomic mass is 10.0. The van der Waals surface area contributed by atoms with Crippen LogP contribution < -0.4 is 5.32 Å². The van der Waals surface area contributed by atoms with Crippen molar-refractivity contribution >= 4 is 27.8 Å². The molecular weight excluding hydrogens is 338 g/mol. The van der Waals surface area contributed by atoms with Gasteiger partial charge in [0, 0.05) is 11.6 Å². The van der Waals surface area contributed by atoms with Crippen LogP contribution in [-0.2, 0) is 0 Å². The fourth-order valence-electron chi connectivity index (χ4n) is 4.03. The molecule has 1 aliphatic carbocycles. The highest BCUT2D eigenvalue weighted by atomic mass is 16.3. The normalized spacial score (nSPS) is 22.5. The predicted molar refractivity (Wildman–Crippen MR) is 106 cm³/mol. The summed E-state index contributed by atoms with van der Waals surface area (Å²) >= 11 is 0. The third kappa shape index (κ3) is 2.82. The Morgan fingerprint density at radius 2 is 1.93 bits per heavy atom. The van der Waals surface area contributed by atoms with Gasteiger partial charge in [0.25, 0.3) is 0 Å². The van der Waals surface area contributed by atoms with Gasteiger partial charge in [-0.15, -0.1) is 0 Å². The summed E-state index contributed by atoms with van der Waals surface area (Å²) in [6.07, 6.45) is 2.94. The van der Waals surface area contributed by atoms with E-state index in [0.29, 0.717) is 17.4 Å². The van der Waals surface area contributed by atoms with Crippen LogP contribution in [0.25, 0.3) is 33.3 Å². The summed E-state index contributed by atoms with van der Waals surface area (Å²) in [5, 5.41) is 15.8. The Morgan fingerprint density at radius 1 is 1.07 bits per heavy atom. The molecule has 2 aromatic carbocycles. The maximum absolute atomic E-state index is 10.0. The lowest BCUT2D eigenvalue weighted by Crippen LogP contribution is -2.17. The van der Waals surface area contributed by atoms with Crippen LogP contribution in [-0.4, -0.2) is 37.2 Å². The number of aromatic nitrogens is 4. The first kappa shape index (κ1) is 16.2. The molecule has 2 heterocycles. The number of fused-ring (bicyclic) bond motifs is 2. The zero-order chi connectivity index (χ0) is 18.4. The number of imidazole rings is 1. The molecule has 1 aliphatic rings. The molecule has 0 radical (unpaired) electrons. The Kier molecular flexibility index (Phi) is 3.79. The molecule has 4 aromatic rings. The van der Waals surface area contributed by atoms with Crippen LogP contribution in [0.15, 0.2) is 48.8 Å². The van der Waals surface area contributed by atoms with Gasteiger partial charge in [-0.3, -0.25) is 0 Å². The van der Waals surface area contributed by atoms with Crippen molar-refractivity contribution < 1.29 is 5.11 Å². The van der Waals surface area contributed by atoms with Crippen LogP contribution in [0.4, 0.5) is 5.82 Å². The second-order valence-electron chi connectivity index (χ2n) is 7.39. The molecule has 6 nitrogen and oxygen atoms in total. The smallest absolute Gasteiger partial charge is 0.163 e. The van der Waals surface area contributed by atoms with Crippen LogP contribution in [0.2, 0.25) is 0 Å². The average molecular weight is 359 g/mol. The van der Waals surface area contributed by atoms with Crippen molar-refractivity contribution in [2.24, 2.45) is 5.92 Å². The monoisotopic (exact) mass is 359 g/mol. The van der Waals surface area contributed by atoms with Gasteiger partial charge in [-0.25, -0.2) is 15.0 Å². The van der Waals surface area contributed by atoms with Crippen molar-refractivity contribution in [2.75, 3.05) is 5.32 Å². The molecule has 0 bridgehead atoms. The first-order valence-corrected chi connectivity index (χ1v) is 9.32. The number of hydrogen-bond donors (Lipinski definition) is 3. The minimum absolute atomic E-state index is 0.200. The number of anilines is 1. The average Bonchev–Trinajstić information content (AvgIpc) is 3.25. The predicted octanol–water partition coefficient (Wildman–Crippen LogP) is 3.74. The van der Waals surface area contributed by atoms with Gasteiger partial charge in [0.05, 0.1) is 6.10 Å². The van der Waals surface area contributed by atoms with E-state index >= 15 is 0 Å². The molecule has 1 fully saturated rings. The first-order valence-electron chi connectivity index (χ1n) is 9.32. The molecule has 0 amide bonds. The van der Waals surface area contributed by atoms with Crippen molar-refractivity contribution in [2.45, 2.75) is 31.9 Å². The van der Waals surface area contributed by atoms with Crippen LogP contribution in [0.1, 0.15) is 19.8 Å². The molecule has 2 aromatic heterocycles. The number of aromatic amines is 1. The summed E-state index contributed by atoms with van der Waals surface area (Å²) in [6, 6.07) is 14.7. The minimum Gasteiger partial charge on any atom is -0.393 e. The second kappa shape index (κ2) is 6.32. The topological polar surface area (TPSA) is 86.7 Å². The Bertz CT molecular complexity index is 1110. The van der Waals surface area contributed by atoms with E-state index in [9.17, 15) is 5.11 Å². The third-order valence-electron chi connectivity index (χ3n) is 5.51. The van der Waals surface area contributed by atoms with Crippen molar-refractivity contribution in [1.29, 1.82) is 0 Å². The second-order valence-corrected chi connectivity index (χ2v) is 7.39. The number of H-pyrrole nitrogens is 1. The lowest BCUT2D eigenvalue weighted by Gasteiger charge is -2.12. The van der Waals surface area contributed by atoms with Crippen LogP contribution in [0, 0.1) is 5.92 Å². The number of benzene rings is 2. The van der Waals surface area contributed by atoms with Crippen molar-refractivity contribution in [1.82, 2.24) is 19.9 Å². The number of rotatable bonds is 3. The summed E-state index contributed by atoms with van der Waals surface area (Å²) < 4.78 is 0. The van der Waals surface area contributed by atoms with E-state index in [0.717, 1.165) is 35.1 Å². The van der Waals surface area contributed by atoms with Gasteiger partial charge >= 0.3 is 0 Å². The molecule has 0 unspecified atom stereocenters. The van der Waals surface area contributed by atoms with Crippen LogP contribution in [0.3, 0.4) is 0 Å². The first-order chi connectivity index (χ1) is 13.2. The fourth-order valence-corrected chi connectivity index (χ4v) is 4.03. The van der Waals surface area contributed by atoms with Gasteiger partial charge < -0.3 is 15.4 Å². The minimum atomic E-state index is -0.259. The van der Waals surface area contributed by atoms with Gasteiger partial charge in [0.2, 0.25) is 0 Å². The summed E-state index contributed by atoms with van der Waals surface area (Å²) in [5.41, 5.74) is 2.48. The fraction of sp³-hybridized carbons (Fsp3) is 0.286. The molecule has 136 valence electrons. The van der Waals surface area contributed by atoms with Gasteiger partial charge in [0.1, 0.15) is 12.2 Å². The zero-order valence-corrected chi connectivity index (χ0v) is 15.1. The molecule has 3 N–H and O–H groups in total. The van der Waals surface area contributed by atoms with Crippen molar-refractivity contribution in [3.05, 3.63) is 48.8 Å². The maximum atomic E-state index is 10.0. The van der Waals surface area contributed by atoms with Gasteiger partial charge in [-0.1, -0.05) is 49.4 Å². The molecule has 0 spiro atoms. The summed E-state index contributed by atoms with van der Waals surface area (Å²) in [4.78, 5) is 16.9. The van der Waals surface area contributed by atoms with Gasteiger partial charge in [-0.2, -0.15) is 0 Å². The molecule has 3 atom stereocenters. The summed E-state index contributed by atoms with van der Waals surface area (Å²) in [7, 11) is 0. The molecule has 5 rings (SSSR count). The van der Waals surface area contributed by atoms with E-state index in [2.05, 4.69) is 51.5 Å². The van der Waals surface area contributed by atoms with Crippen LogP contribution in [0.5, 0.6) is 0 Å². The molecule has 6 heteroatoms. The highest BCUT2D eigenvalue weighted by molar-refractivity contribution is 5.97. The molecule has 0 saturated heterocycles. The Hall–Kier alpha value is -2.99. The van der Waals surface area contributed by atoms with E-state index in [-0.39, 0.29) is 12.1 Å². The van der Waals surface area contributed by atoms with Crippen LogP contribution >= 0.6 is 0 Å². The maximum Gasteiger partial charge on any atom is 0.163 e. The Balaban J connectivity index is 1.56. The zero-order valence-electron chi connectivity index (χ0n) is 15.1. The molecular formula is C21H21N5O. The number of aliphatic hydroxyl groups is 1. The Morgan fingerprint density at radius 3 is 2.78 bits per heavy atom. The van der Waals surface area contributed by atoms with Crippen molar-refractivity contribution in [3.63, 3.8) is 0 Å². The van der Waals surface area contributed by atoms with E-state index in [4.69, 9.17) is 4.98 Å². The van der Waals surface area contributed by atoms with Gasteiger partial charge in [-0.05, 0) is 29.5 Å². The molecule has 0 aliphatic heterocycles. The highest BCUT2D eigenvalue weighted by Gasteiger charge is 2.30. The summed E-state index contributed by atoms with van der Waals surface area (Å²) in [5.74, 6) is 1.80.